The minimum absolute atomic E-state index is 0.0579. The molecule has 0 radical (unpaired) electrons. The first-order valence-electron chi connectivity index (χ1n) is 10.2. The Morgan fingerprint density at radius 2 is 2.00 bits per heavy atom. The first kappa shape index (κ1) is 20.7. The smallest absolute Gasteiger partial charge is 0.330 e. The number of aryl methyl sites for hydroxylation is 2. The van der Waals surface area contributed by atoms with Gasteiger partial charge in [0.15, 0.2) is 22.7 Å². The van der Waals surface area contributed by atoms with E-state index in [1.807, 2.05) is 6.92 Å². The van der Waals surface area contributed by atoms with Crippen LogP contribution in [0.3, 0.4) is 0 Å². The largest absolute Gasteiger partial charge is 0.486 e. The minimum Gasteiger partial charge on any atom is -0.486 e. The number of H-pyrrole nitrogens is 1. The SMILES string of the molecule is CCCCn1c(=O)[nH]c(=O)c2c1nc(COC(=O)Cc1ccc3c(c1)OCCO3)n2C. The number of hydrogen-bond donors (Lipinski definition) is 1. The number of aromatic amines is 1. The van der Waals surface area contributed by atoms with Crippen LogP contribution >= 0.6 is 0 Å². The van der Waals surface area contributed by atoms with Gasteiger partial charge in [-0.15, -0.1) is 0 Å². The van der Waals surface area contributed by atoms with Crippen LogP contribution in [0.1, 0.15) is 31.2 Å². The first-order chi connectivity index (χ1) is 15.0. The van der Waals surface area contributed by atoms with Gasteiger partial charge in [-0.1, -0.05) is 19.4 Å². The van der Waals surface area contributed by atoms with E-state index in [0.29, 0.717) is 42.7 Å². The fraction of sp³-hybridized carbons (Fsp3) is 0.429. The van der Waals surface area contributed by atoms with Gasteiger partial charge in [0.2, 0.25) is 0 Å². The fourth-order valence-corrected chi connectivity index (χ4v) is 3.50. The molecule has 10 heteroatoms. The van der Waals surface area contributed by atoms with Crippen LogP contribution in [0.4, 0.5) is 0 Å². The first-order valence-corrected chi connectivity index (χ1v) is 10.2. The number of unbranched alkanes of at least 4 members (excludes halogenated alkanes) is 1. The van der Waals surface area contributed by atoms with Crippen molar-refractivity contribution in [3.63, 3.8) is 0 Å². The Morgan fingerprint density at radius 1 is 1.23 bits per heavy atom. The van der Waals surface area contributed by atoms with Gasteiger partial charge in [0.1, 0.15) is 25.6 Å². The topological polar surface area (TPSA) is 117 Å². The molecule has 0 atom stereocenters. The van der Waals surface area contributed by atoms with Crippen molar-refractivity contribution in [3.8, 4) is 11.5 Å². The Hall–Kier alpha value is -3.56. The van der Waals surface area contributed by atoms with E-state index < -0.39 is 17.2 Å². The maximum Gasteiger partial charge on any atom is 0.330 e. The Balaban J connectivity index is 1.50. The predicted molar refractivity (Wildman–Crippen MR) is 111 cm³/mol. The van der Waals surface area contributed by atoms with Crippen LogP contribution in [0.2, 0.25) is 0 Å². The molecule has 0 aliphatic carbocycles. The van der Waals surface area contributed by atoms with E-state index in [4.69, 9.17) is 14.2 Å². The fourth-order valence-electron chi connectivity index (χ4n) is 3.50. The quantitative estimate of drug-likeness (QED) is 0.563. The second-order valence-corrected chi connectivity index (χ2v) is 7.34. The maximum atomic E-state index is 12.4. The summed E-state index contributed by atoms with van der Waals surface area (Å²) in [5, 5.41) is 0. The second kappa shape index (κ2) is 8.66. The molecule has 1 aliphatic heterocycles. The van der Waals surface area contributed by atoms with Gasteiger partial charge in [0.25, 0.3) is 5.56 Å². The lowest BCUT2D eigenvalue weighted by atomic mass is 10.1. The van der Waals surface area contributed by atoms with E-state index in [0.717, 1.165) is 18.4 Å². The Bertz CT molecular complexity index is 1240. The molecule has 0 saturated heterocycles. The van der Waals surface area contributed by atoms with Crippen molar-refractivity contribution in [2.45, 2.75) is 39.3 Å². The minimum atomic E-state index is -0.517. The molecule has 0 bridgehead atoms. The third-order valence-electron chi connectivity index (χ3n) is 5.16. The zero-order chi connectivity index (χ0) is 22.0. The van der Waals surface area contributed by atoms with Crippen molar-refractivity contribution in [2.75, 3.05) is 13.2 Å². The molecular weight excluding hydrogens is 404 g/mol. The molecule has 31 heavy (non-hydrogen) atoms. The van der Waals surface area contributed by atoms with Crippen LogP contribution in [0.15, 0.2) is 27.8 Å². The lowest BCUT2D eigenvalue weighted by molar-refractivity contribution is -0.144. The number of nitrogens with zero attached hydrogens (tertiary/aromatic N) is 3. The highest BCUT2D eigenvalue weighted by Crippen LogP contribution is 2.30. The van der Waals surface area contributed by atoms with E-state index >= 15 is 0 Å². The number of imidazole rings is 1. The predicted octanol–water partition coefficient (Wildman–Crippen LogP) is 1.28. The molecule has 4 rings (SSSR count). The second-order valence-electron chi connectivity index (χ2n) is 7.34. The lowest BCUT2D eigenvalue weighted by Gasteiger charge is -2.18. The van der Waals surface area contributed by atoms with Gasteiger partial charge in [-0.3, -0.25) is 19.1 Å². The molecule has 0 unspecified atom stereocenters. The molecular formula is C21H24N4O6. The molecule has 2 aromatic heterocycles. The summed E-state index contributed by atoms with van der Waals surface area (Å²) >= 11 is 0. The zero-order valence-electron chi connectivity index (χ0n) is 17.5. The Morgan fingerprint density at radius 3 is 2.77 bits per heavy atom. The van der Waals surface area contributed by atoms with Crippen LogP contribution < -0.4 is 20.7 Å². The number of hydrogen-bond acceptors (Lipinski definition) is 7. The number of ether oxygens (including phenoxy) is 3. The van der Waals surface area contributed by atoms with E-state index in [-0.39, 0.29) is 18.5 Å². The van der Waals surface area contributed by atoms with E-state index in [1.165, 1.54) is 4.57 Å². The summed E-state index contributed by atoms with van der Waals surface area (Å²) in [7, 11) is 1.66. The number of rotatable bonds is 7. The summed E-state index contributed by atoms with van der Waals surface area (Å²) in [6, 6.07) is 5.32. The highest BCUT2D eigenvalue weighted by Gasteiger charge is 2.18. The zero-order valence-corrected chi connectivity index (χ0v) is 17.5. The monoisotopic (exact) mass is 428 g/mol. The van der Waals surface area contributed by atoms with E-state index in [9.17, 15) is 14.4 Å². The van der Waals surface area contributed by atoms with Crippen LogP contribution in [-0.2, 0) is 36.2 Å². The van der Waals surface area contributed by atoms with Gasteiger partial charge < -0.3 is 18.8 Å². The Kier molecular flexibility index (Phi) is 5.79. The van der Waals surface area contributed by atoms with Gasteiger partial charge in [-0.05, 0) is 24.1 Å². The average molecular weight is 428 g/mol. The number of aromatic nitrogens is 4. The van der Waals surface area contributed by atoms with Crippen molar-refractivity contribution in [2.24, 2.45) is 7.05 Å². The summed E-state index contributed by atoms with van der Waals surface area (Å²) in [4.78, 5) is 43.6. The number of esters is 1. The molecule has 0 fully saturated rings. The third-order valence-corrected chi connectivity index (χ3v) is 5.16. The molecule has 0 saturated carbocycles. The molecule has 1 N–H and O–H groups in total. The molecule has 1 aliphatic rings. The lowest BCUT2D eigenvalue weighted by Crippen LogP contribution is -2.31. The standard InChI is InChI=1S/C21H24N4O6/c1-3-4-7-25-19-18(20(27)23-21(25)28)24(2)16(22-19)12-31-17(26)11-13-5-6-14-15(10-13)30-9-8-29-14/h5-6,10H,3-4,7-9,11-12H2,1-2H3,(H,23,27,28). The van der Waals surface area contributed by atoms with Gasteiger partial charge in [0, 0.05) is 13.6 Å². The van der Waals surface area contributed by atoms with Gasteiger partial charge in [0.05, 0.1) is 6.42 Å². The van der Waals surface area contributed by atoms with Crippen LogP contribution in [0.25, 0.3) is 11.2 Å². The van der Waals surface area contributed by atoms with Gasteiger partial charge >= 0.3 is 11.7 Å². The van der Waals surface area contributed by atoms with Crippen molar-refractivity contribution in [3.05, 3.63) is 50.4 Å². The van der Waals surface area contributed by atoms with Crippen LogP contribution in [-0.4, -0.2) is 38.3 Å². The van der Waals surface area contributed by atoms with Crippen molar-refractivity contribution in [1.82, 2.24) is 19.1 Å². The number of fused-ring (bicyclic) bond motifs is 2. The number of carbonyl (C=O) groups is 1. The van der Waals surface area contributed by atoms with Crippen molar-refractivity contribution < 1.29 is 19.0 Å². The molecule has 164 valence electrons. The molecule has 3 heterocycles. The van der Waals surface area contributed by atoms with E-state index in [2.05, 4.69) is 9.97 Å². The number of carbonyl (C=O) groups excluding carboxylic acids is 1. The Labute approximate surface area is 177 Å². The summed E-state index contributed by atoms with van der Waals surface area (Å²) in [6.07, 6.45) is 1.73. The highest BCUT2D eigenvalue weighted by atomic mass is 16.6. The summed E-state index contributed by atoms with van der Waals surface area (Å²) in [5.74, 6) is 1.20. The molecule has 0 spiro atoms. The number of benzene rings is 1. The normalized spacial score (nSPS) is 12.8. The van der Waals surface area contributed by atoms with Crippen LogP contribution in [0.5, 0.6) is 11.5 Å². The highest BCUT2D eigenvalue weighted by molar-refractivity contribution is 5.73. The van der Waals surface area contributed by atoms with Gasteiger partial charge in [-0.25, -0.2) is 9.78 Å². The van der Waals surface area contributed by atoms with Gasteiger partial charge in [-0.2, -0.15) is 0 Å². The van der Waals surface area contributed by atoms with Crippen molar-refractivity contribution in [1.29, 1.82) is 0 Å². The summed E-state index contributed by atoms with van der Waals surface area (Å²) < 4.78 is 19.4. The van der Waals surface area contributed by atoms with E-state index in [1.54, 1.807) is 29.8 Å². The average Bonchev–Trinajstić information content (AvgIpc) is 3.08. The molecule has 3 aromatic rings. The van der Waals surface area contributed by atoms with Crippen molar-refractivity contribution >= 4 is 17.1 Å². The maximum absolute atomic E-state index is 12.4. The molecule has 1 aromatic carbocycles. The third kappa shape index (κ3) is 4.18. The number of nitrogens with one attached hydrogen (secondary N) is 1. The molecule has 10 nitrogen and oxygen atoms in total. The summed E-state index contributed by atoms with van der Waals surface area (Å²) in [5.41, 5.74) is 0.295. The molecule has 0 amide bonds. The summed E-state index contributed by atoms with van der Waals surface area (Å²) in [6.45, 7) is 3.31. The van der Waals surface area contributed by atoms with Crippen LogP contribution in [0, 0.1) is 0 Å².